The highest BCUT2D eigenvalue weighted by atomic mass is 32.2. The van der Waals surface area contributed by atoms with E-state index in [2.05, 4.69) is 15.6 Å². The van der Waals surface area contributed by atoms with Crippen molar-refractivity contribution in [1.29, 1.82) is 5.41 Å². The Bertz CT molecular complexity index is 1390. The number of ether oxygens (including phenoxy) is 2. The number of allylic oxidation sites excluding steroid dienone is 1. The molecule has 0 atom stereocenters. The molecule has 0 saturated carbocycles. The van der Waals surface area contributed by atoms with Gasteiger partial charge in [0, 0.05) is 46.4 Å². The maximum Gasteiger partial charge on any atom is 0.283 e. The Morgan fingerprint density at radius 2 is 1.97 bits per heavy atom. The van der Waals surface area contributed by atoms with Crippen LogP contribution in [0.5, 0.6) is 11.5 Å². The summed E-state index contributed by atoms with van der Waals surface area (Å²) in [5, 5.41) is 10.1. The van der Waals surface area contributed by atoms with Gasteiger partial charge in [-0.25, -0.2) is 0 Å². The molecule has 0 fully saturated rings. The largest absolute Gasteiger partial charge is 0.497 e. The van der Waals surface area contributed by atoms with Crippen LogP contribution in [0.2, 0.25) is 0 Å². The van der Waals surface area contributed by atoms with Gasteiger partial charge in [-0.1, -0.05) is 36.0 Å². The lowest BCUT2D eigenvalue weighted by atomic mass is 10.1. The van der Waals surface area contributed by atoms with Gasteiger partial charge in [0.05, 0.1) is 19.3 Å². The van der Waals surface area contributed by atoms with Gasteiger partial charge in [0.1, 0.15) is 17.3 Å². The van der Waals surface area contributed by atoms with E-state index in [1.54, 1.807) is 18.1 Å². The Hall–Kier alpha value is -3.78. The second kappa shape index (κ2) is 9.23. The fourth-order valence-corrected chi connectivity index (χ4v) is 4.87. The first-order chi connectivity index (χ1) is 16.5. The lowest BCUT2D eigenvalue weighted by molar-refractivity contribution is -0.114. The van der Waals surface area contributed by atoms with Crippen molar-refractivity contribution in [2.45, 2.75) is 19.9 Å². The minimum Gasteiger partial charge on any atom is -0.497 e. The fourth-order valence-electron chi connectivity index (χ4n) is 4.05. The number of methoxy groups -OCH3 is 1. The molecule has 0 unspecified atom stereocenters. The number of thioether (sulfide) groups is 1. The van der Waals surface area contributed by atoms with E-state index in [0.717, 1.165) is 45.8 Å². The summed E-state index contributed by atoms with van der Waals surface area (Å²) < 4.78 is 13.3. The number of nitrogens with one attached hydrogen (secondary N) is 1. The molecular weight excluding hydrogens is 448 g/mol. The highest BCUT2D eigenvalue weighted by Crippen LogP contribution is 2.33. The number of para-hydroxylation sites is 1. The molecule has 1 amide bonds. The second-order valence-corrected chi connectivity index (χ2v) is 9.21. The lowest BCUT2D eigenvalue weighted by Gasteiger charge is -2.22. The van der Waals surface area contributed by atoms with E-state index in [-0.39, 0.29) is 11.7 Å². The number of fused-ring (bicyclic) bond motifs is 2. The third kappa shape index (κ3) is 4.24. The van der Waals surface area contributed by atoms with Crippen LogP contribution in [0.3, 0.4) is 0 Å². The zero-order valence-corrected chi connectivity index (χ0v) is 19.8. The minimum atomic E-state index is -0.379. The van der Waals surface area contributed by atoms with Crippen molar-refractivity contribution in [1.82, 2.24) is 9.47 Å². The number of carbonyl (C=O) groups is 1. The van der Waals surface area contributed by atoms with Crippen LogP contribution in [0.4, 0.5) is 0 Å². The van der Waals surface area contributed by atoms with Gasteiger partial charge in [-0.3, -0.25) is 15.1 Å². The summed E-state index contributed by atoms with van der Waals surface area (Å²) in [4.78, 5) is 19.6. The highest BCUT2D eigenvalue weighted by molar-refractivity contribution is 8.17. The molecule has 8 heteroatoms. The van der Waals surface area contributed by atoms with Crippen LogP contribution in [0.1, 0.15) is 18.9 Å². The van der Waals surface area contributed by atoms with Crippen LogP contribution < -0.4 is 9.47 Å². The highest BCUT2D eigenvalue weighted by Gasteiger charge is 2.33. The molecule has 172 valence electrons. The Balaban J connectivity index is 1.36. The van der Waals surface area contributed by atoms with Crippen molar-refractivity contribution in [2.75, 3.05) is 13.7 Å². The van der Waals surface area contributed by atoms with Gasteiger partial charge in [-0.15, -0.1) is 0 Å². The molecule has 1 aromatic heterocycles. The van der Waals surface area contributed by atoms with Crippen LogP contribution in [0.25, 0.3) is 17.0 Å². The number of aryl methyl sites for hydroxylation is 1. The van der Waals surface area contributed by atoms with Crippen molar-refractivity contribution in [3.8, 4) is 11.5 Å². The molecule has 0 aliphatic carbocycles. The topological polar surface area (TPSA) is 79.9 Å². The Morgan fingerprint density at radius 3 is 2.82 bits per heavy atom. The van der Waals surface area contributed by atoms with Crippen LogP contribution in [-0.2, 0) is 11.3 Å². The second-order valence-electron chi connectivity index (χ2n) is 7.99. The quantitative estimate of drug-likeness (QED) is 0.374. The number of aromatic nitrogens is 1. The number of hydrogen-bond acceptors (Lipinski definition) is 5. The third-order valence-corrected chi connectivity index (χ3v) is 6.56. The molecule has 0 bridgehead atoms. The van der Waals surface area contributed by atoms with E-state index >= 15 is 0 Å². The number of amidine groups is 2. The number of hydrogen-bond donors (Lipinski definition) is 1. The summed E-state index contributed by atoms with van der Waals surface area (Å²) in [7, 11) is 1.64. The van der Waals surface area contributed by atoms with Crippen LogP contribution >= 0.6 is 11.8 Å². The average molecular weight is 473 g/mol. The lowest BCUT2D eigenvalue weighted by Crippen LogP contribution is -2.35. The van der Waals surface area contributed by atoms with Gasteiger partial charge in [0.15, 0.2) is 5.17 Å². The first-order valence-corrected chi connectivity index (χ1v) is 11.8. The van der Waals surface area contributed by atoms with Gasteiger partial charge < -0.3 is 14.0 Å². The number of amides is 1. The van der Waals surface area contributed by atoms with E-state index in [1.165, 1.54) is 11.8 Å². The molecule has 2 aromatic carbocycles. The Labute approximate surface area is 201 Å². The summed E-state index contributed by atoms with van der Waals surface area (Å²) in [6, 6.07) is 15.7. The van der Waals surface area contributed by atoms with Crippen molar-refractivity contribution in [3.05, 3.63) is 77.0 Å². The van der Waals surface area contributed by atoms with Gasteiger partial charge >= 0.3 is 0 Å². The van der Waals surface area contributed by atoms with E-state index in [1.807, 2.05) is 61.8 Å². The van der Waals surface area contributed by atoms with Gasteiger partial charge in [-0.2, -0.15) is 4.99 Å². The van der Waals surface area contributed by atoms with Gasteiger partial charge in [0.2, 0.25) is 0 Å². The smallest absolute Gasteiger partial charge is 0.283 e. The summed E-state index contributed by atoms with van der Waals surface area (Å²) in [6.45, 7) is 3.26. The maximum atomic E-state index is 12.7. The van der Waals surface area contributed by atoms with Crippen LogP contribution in [0.15, 0.2) is 76.4 Å². The SMILES string of the molecule is COc1cccc(OCCCn2cc(/C=C3/C(=N)N4C=C(C)SC4=NC3=O)c3ccccc32)c1. The molecular formula is C26H24N4O3S. The number of aliphatic imine (C=N–C) groups is 1. The van der Waals surface area contributed by atoms with Crippen molar-refractivity contribution in [3.63, 3.8) is 0 Å². The van der Waals surface area contributed by atoms with Crippen LogP contribution in [0, 0.1) is 5.41 Å². The fraction of sp³-hybridized carbons (Fsp3) is 0.192. The van der Waals surface area contributed by atoms with E-state index in [4.69, 9.17) is 14.9 Å². The maximum absolute atomic E-state index is 12.7. The number of rotatable bonds is 7. The molecule has 7 nitrogen and oxygen atoms in total. The molecule has 1 N–H and O–H groups in total. The summed E-state index contributed by atoms with van der Waals surface area (Å²) in [5.74, 6) is 1.32. The number of carbonyl (C=O) groups excluding carboxylic acids is 1. The predicted octanol–water partition coefficient (Wildman–Crippen LogP) is 5.29. The first kappa shape index (κ1) is 22.0. The van der Waals surface area contributed by atoms with Crippen LogP contribution in [-0.4, -0.2) is 40.1 Å². The zero-order chi connectivity index (χ0) is 23.7. The molecule has 0 spiro atoms. The Morgan fingerprint density at radius 1 is 1.15 bits per heavy atom. The van der Waals surface area contributed by atoms with Crippen molar-refractivity contribution >= 4 is 45.7 Å². The standard InChI is InChI=1S/C26H24N4O3S/c1-17-15-30-24(27)22(25(31)28-26(30)34-17)13-18-16-29(23-10-4-3-9-21(18)23)11-6-12-33-20-8-5-7-19(14-20)32-2/h3-5,7-10,13-16,27H,6,11-12H2,1-2H3/b22-13-,27-24?. The molecule has 3 aromatic rings. The predicted molar refractivity (Wildman–Crippen MR) is 136 cm³/mol. The molecule has 0 radical (unpaired) electrons. The Kier molecular flexibility index (Phi) is 5.98. The molecule has 2 aliphatic rings. The molecule has 2 aliphatic heterocycles. The van der Waals surface area contributed by atoms with E-state index in [0.29, 0.717) is 17.3 Å². The monoisotopic (exact) mass is 472 g/mol. The molecule has 3 heterocycles. The summed E-state index contributed by atoms with van der Waals surface area (Å²) >= 11 is 1.41. The van der Waals surface area contributed by atoms with Gasteiger partial charge in [0.25, 0.3) is 5.91 Å². The third-order valence-electron chi connectivity index (χ3n) is 5.67. The summed E-state index contributed by atoms with van der Waals surface area (Å²) in [6.07, 6.45) is 6.46. The van der Waals surface area contributed by atoms with E-state index in [9.17, 15) is 4.79 Å². The van der Waals surface area contributed by atoms with Gasteiger partial charge in [-0.05, 0) is 37.6 Å². The normalized spacial score (nSPS) is 16.6. The molecule has 5 rings (SSSR count). The zero-order valence-electron chi connectivity index (χ0n) is 18.9. The number of nitrogens with zero attached hydrogens (tertiary/aromatic N) is 3. The molecule has 34 heavy (non-hydrogen) atoms. The average Bonchev–Trinajstić information content (AvgIpc) is 3.39. The number of benzene rings is 2. The first-order valence-electron chi connectivity index (χ1n) is 11.0. The van der Waals surface area contributed by atoms with Crippen molar-refractivity contribution < 1.29 is 14.3 Å². The molecule has 0 saturated heterocycles. The summed E-state index contributed by atoms with van der Waals surface area (Å²) in [5.41, 5.74) is 2.25. The van der Waals surface area contributed by atoms with E-state index < -0.39 is 0 Å². The van der Waals surface area contributed by atoms with Crippen molar-refractivity contribution in [2.24, 2.45) is 4.99 Å². The minimum absolute atomic E-state index is 0.155.